The molecule has 59 heavy (non-hydrogen) atoms. The molecule has 2 aromatic heterocycles. The van der Waals surface area contributed by atoms with Gasteiger partial charge in [0.2, 0.25) is 0 Å². The summed E-state index contributed by atoms with van der Waals surface area (Å²) in [5, 5.41) is 0. The Balaban J connectivity index is 1.13. The first-order valence-corrected chi connectivity index (χ1v) is 22.2. The summed E-state index contributed by atoms with van der Waals surface area (Å²) in [6.45, 7) is 8.17. The van der Waals surface area contributed by atoms with Gasteiger partial charge in [-0.15, -0.1) is 0 Å². The van der Waals surface area contributed by atoms with Crippen LogP contribution >= 0.6 is 0 Å². The third kappa shape index (κ3) is 8.08. The van der Waals surface area contributed by atoms with Crippen LogP contribution in [0.2, 0.25) is 0 Å². The zero-order valence-electron chi connectivity index (χ0n) is 36.5. The zero-order chi connectivity index (χ0) is 41.7. The monoisotopic (exact) mass is 821 g/mol. The number of Topliss-reactive ketones (excluding diaryl/α,β-unsaturated/α-hetero) is 1. The van der Waals surface area contributed by atoms with Gasteiger partial charge in [0.1, 0.15) is 30.1 Å². The van der Waals surface area contributed by atoms with Crippen molar-refractivity contribution in [3.63, 3.8) is 0 Å². The minimum atomic E-state index is -0.656. The number of ether oxygens (including phenoxy) is 8. The molecule has 17 atom stereocenters. The summed E-state index contributed by atoms with van der Waals surface area (Å²) in [4.78, 5) is 36.6. The molecule has 0 aromatic carbocycles. The van der Waals surface area contributed by atoms with Crippen molar-refractivity contribution in [2.45, 2.75) is 165 Å². The highest BCUT2D eigenvalue weighted by Gasteiger charge is 2.57. The molecule has 0 radical (unpaired) electrons. The molecule has 3 saturated heterocycles. The average Bonchev–Trinajstić information content (AvgIpc) is 3.92. The molecule has 2 aromatic rings. The van der Waals surface area contributed by atoms with Crippen LogP contribution in [-0.2, 0) is 47.5 Å². The van der Waals surface area contributed by atoms with E-state index in [1.54, 1.807) is 21.3 Å². The predicted molar refractivity (Wildman–Crippen MR) is 219 cm³/mol. The van der Waals surface area contributed by atoms with E-state index in [9.17, 15) is 4.79 Å². The van der Waals surface area contributed by atoms with E-state index in [4.69, 9.17) is 42.9 Å². The molecule has 1 saturated carbocycles. The number of methoxy groups -OCH3 is 3. The Kier molecular flexibility index (Phi) is 13.0. The zero-order valence-corrected chi connectivity index (χ0v) is 36.5. The van der Waals surface area contributed by atoms with Crippen LogP contribution in [0.15, 0.2) is 36.0 Å². The molecule has 0 N–H and O–H groups in total. The van der Waals surface area contributed by atoms with Crippen LogP contribution in [0.4, 0.5) is 0 Å². The number of allylic oxidation sites excluding steroid dienone is 2. The van der Waals surface area contributed by atoms with E-state index in [-0.39, 0.29) is 96.8 Å². The van der Waals surface area contributed by atoms with Crippen molar-refractivity contribution in [2.75, 3.05) is 35.4 Å². The van der Waals surface area contributed by atoms with Crippen molar-refractivity contribution in [2.24, 2.45) is 23.7 Å². The van der Waals surface area contributed by atoms with Crippen LogP contribution in [-0.4, -0.2) is 129 Å². The quantitative estimate of drug-likeness (QED) is 0.267. The predicted octanol–water partition coefficient (Wildman–Crippen LogP) is 6.21. The van der Waals surface area contributed by atoms with Crippen molar-refractivity contribution in [1.82, 2.24) is 14.3 Å². The van der Waals surface area contributed by atoms with E-state index in [0.717, 1.165) is 62.0 Å². The molecule has 326 valence electrons. The molecule has 3 unspecified atom stereocenters. The number of carbonyl (C=O) groups excluding carboxylic acids is 2. The molecule has 3 aliphatic carbocycles. The molecule has 13 heteroatoms. The van der Waals surface area contributed by atoms with Crippen LogP contribution in [0.5, 0.6) is 0 Å². The number of pyridine rings is 1. The number of rotatable bonds is 9. The van der Waals surface area contributed by atoms with Crippen LogP contribution in [0, 0.1) is 23.7 Å². The van der Waals surface area contributed by atoms with Crippen molar-refractivity contribution in [1.29, 1.82) is 0 Å². The number of imidazole rings is 1. The maximum atomic E-state index is 15.1. The topological polar surface area (TPSA) is 129 Å². The normalized spacial score (nSPS) is 41.7. The van der Waals surface area contributed by atoms with Gasteiger partial charge in [0, 0.05) is 62.9 Å². The molecular weight excluding hydrogens is 755 g/mol. The smallest absolute Gasteiger partial charge is 0.306 e. The SMILES string of the molecule is CC[C@H]1CCC[C@H](O[C@H]2CC[C@H](N(C)C)C(C)O2)[C@@H](C)C(=O)C2=C[C@H]3[C@@H]4C[C@H](O[C@@H]5OC(C)[C@H](OC)C(OC)[C@@H]5OC)C[C@H]4c4c(nc5ccccn45)[C@H]3[C@@H]2CC(=O)O1. The van der Waals surface area contributed by atoms with Gasteiger partial charge in [-0.2, -0.15) is 0 Å². The average molecular weight is 822 g/mol. The first-order valence-electron chi connectivity index (χ1n) is 22.2. The summed E-state index contributed by atoms with van der Waals surface area (Å²) in [5.41, 5.74) is 3.69. The van der Waals surface area contributed by atoms with Crippen LogP contribution in [0.1, 0.15) is 109 Å². The van der Waals surface area contributed by atoms with E-state index in [0.29, 0.717) is 18.0 Å². The van der Waals surface area contributed by atoms with Gasteiger partial charge in [-0.3, -0.25) is 9.59 Å². The Hall–Kier alpha value is -2.75. The minimum Gasteiger partial charge on any atom is -0.462 e. The Morgan fingerprint density at radius 1 is 0.881 bits per heavy atom. The van der Waals surface area contributed by atoms with Gasteiger partial charge in [0.25, 0.3) is 0 Å². The molecular formula is C46H67N3O10. The summed E-state index contributed by atoms with van der Waals surface area (Å²) >= 11 is 0. The van der Waals surface area contributed by atoms with Crippen molar-refractivity contribution in [3.8, 4) is 0 Å². The first-order chi connectivity index (χ1) is 28.5. The van der Waals surface area contributed by atoms with E-state index < -0.39 is 18.3 Å². The number of hydrogen-bond acceptors (Lipinski definition) is 12. The van der Waals surface area contributed by atoms with Gasteiger partial charge in [-0.1, -0.05) is 26.0 Å². The van der Waals surface area contributed by atoms with Gasteiger partial charge in [-0.05, 0) is 109 Å². The number of aromatic nitrogens is 2. The van der Waals surface area contributed by atoms with Gasteiger partial charge < -0.3 is 47.2 Å². The van der Waals surface area contributed by atoms with Crippen LogP contribution in [0.3, 0.4) is 0 Å². The second-order valence-electron chi connectivity index (χ2n) is 18.3. The highest BCUT2D eigenvalue weighted by atomic mass is 16.7. The molecule has 0 spiro atoms. The molecule has 8 rings (SSSR count). The molecule has 5 heterocycles. The Morgan fingerprint density at radius 2 is 1.66 bits per heavy atom. The Morgan fingerprint density at radius 3 is 2.37 bits per heavy atom. The van der Waals surface area contributed by atoms with Crippen molar-refractivity contribution >= 4 is 17.4 Å². The molecule has 3 aliphatic heterocycles. The fraction of sp³-hybridized carbons (Fsp3) is 0.761. The molecule has 13 nitrogen and oxygen atoms in total. The second-order valence-corrected chi connectivity index (χ2v) is 18.3. The lowest BCUT2D eigenvalue weighted by molar-refractivity contribution is -0.314. The lowest BCUT2D eigenvalue weighted by Gasteiger charge is -2.44. The highest BCUT2D eigenvalue weighted by molar-refractivity contribution is 5.99. The highest BCUT2D eigenvalue weighted by Crippen LogP contribution is 2.61. The van der Waals surface area contributed by atoms with Crippen LogP contribution < -0.4 is 0 Å². The van der Waals surface area contributed by atoms with Crippen molar-refractivity contribution < 1.29 is 47.5 Å². The number of nitrogens with zero attached hydrogens (tertiary/aromatic N) is 3. The van der Waals surface area contributed by atoms with Gasteiger partial charge >= 0.3 is 5.97 Å². The molecule has 0 amide bonds. The van der Waals surface area contributed by atoms with E-state index in [1.807, 2.05) is 32.0 Å². The molecule has 4 fully saturated rings. The number of ketones is 1. The first kappa shape index (κ1) is 42.9. The van der Waals surface area contributed by atoms with Gasteiger partial charge in [0.05, 0.1) is 36.5 Å². The summed E-state index contributed by atoms with van der Waals surface area (Å²) in [6.07, 6.45) is 7.42. The number of fused-ring (bicyclic) bond motifs is 10. The summed E-state index contributed by atoms with van der Waals surface area (Å²) in [6, 6.07) is 6.40. The maximum Gasteiger partial charge on any atom is 0.306 e. The van der Waals surface area contributed by atoms with E-state index in [1.165, 1.54) is 0 Å². The van der Waals surface area contributed by atoms with Gasteiger partial charge in [-0.25, -0.2) is 4.98 Å². The summed E-state index contributed by atoms with van der Waals surface area (Å²) < 4.78 is 52.7. The maximum absolute atomic E-state index is 15.1. The number of hydrogen-bond donors (Lipinski definition) is 0. The summed E-state index contributed by atoms with van der Waals surface area (Å²) in [5.74, 6) is -0.975. The number of likely N-dealkylation sites (N-methyl/N-ethyl adjacent to an activating group) is 1. The third-order valence-electron chi connectivity index (χ3n) is 14.8. The second kappa shape index (κ2) is 17.9. The summed E-state index contributed by atoms with van der Waals surface area (Å²) in [7, 11) is 9.16. The fourth-order valence-corrected chi connectivity index (χ4v) is 11.9. The lowest BCUT2D eigenvalue weighted by Crippen LogP contribution is -2.59. The van der Waals surface area contributed by atoms with E-state index in [2.05, 4.69) is 49.5 Å². The number of esters is 1. The number of carbonyl (C=O) groups is 2. The minimum absolute atomic E-state index is 0.0128. The lowest BCUT2D eigenvalue weighted by atomic mass is 9.66. The fourth-order valence-electron chi connectivity index (χ4n) is 11.9. The molecule has 0 bridgehead atoms. The third-order valence-corrected chi connectivity index (χ3v) is 14.8. The van der Waals surface area contributed by atoms with Crippen molar-refractivity contribution in [3.05, 3.63) is 47.4 Å². The molecule has 6 aliphatic rings. The van der Waals surface area contributed by atoms with E-state index >= 15 is 4.79 Å². The number of cyclic esters (lactones) is 1. The Labute approximate surface area is 349 Å². The van der Waals surface area contributed by atoms with Crippen LogP contribution in [0.25, 0.3) is 5.65 Å². The largest absolute Gasteiger partial charge is 0.462 e. The Bertz CT molecular complexity index is 1830. The van der Waals surface area contributed by atoms with Gasteiger partial charge in [0.15, 0.2) is 18.4 Å². The standard InChI is InChI=1S/C46H67N3O10/c1-10-27-14-13-15-35(59-38-18-17-34(48(5)6)25(3)55-38)24(2)42(51)33-22-30-29-20-28(58-46-45(54-9)44(53-8)43(52-7)26(4)56-46)21-32(29)41-40(39(30)31(33)23-37(50)57-27)47-36-16-11-12-19-49(36)41/h11-12,16,19,22,24-32,34-35,38-39,43-46H,10,13-15,17-18,20-21,23H2,1-9H3/t24-,25?,26?,27+,28+,29+,30+,31-,32-,34+,35+,38+,39-,43+,44?,45+,46+/m1/s1.